The quantitative estimate of drug-likeness (QED) is 0.245. The highest BCUT2D eigenvalue weighted by Gasteiger charge is 2.34. The van der Waals surface area contributed by atoms with Crippen molar-refractivity contribution in [2.45, 2.75) is 54.4 Å². The van der Waals surface area contributed by atoms with E-state index < -0.39 is 11.2 Å². The molecule has 0 atom stereocenters. The number of fused-ring (bicyclic) bond motifs is 2. The number of carbonyl (C=O) groups excluding carboxylic acids is 1. The number of benzene rings is 2. The fourth-order valence-electron chi connectivity index (χ4n) is 4.96. The van der Waals surface area contributed by atoms with Gasteiger partial charge in [-0.25, -0.2) is 14.4 Å². The van der Waals surface area contributed by atoms with Gasteiger partial charge in [0.25, 0.3) is 0 Å². The van der Waals surface area contributed by atoms with Gasteiger partial charge < -0.3 is 19.2 Å². The van der Waals surface area contributed by atoms with Crippen LogP contribution in [0.25, 0.3) is 21.8 Å². The summed E-state index contributed by atoms with van der Waals surface area (Å²) >= 11 is 0. The number of rotatable bonds is 10. The Bertz CT molecular complexity index is 1460. The number of hydrogen-bond donors (Lipinski definition) is 1. The fraction of sp³-hybridized carbons (Fsp3) is 0.414. The Morgan fingerprint density at radius 1 is 1.03 bits per heavy atom. The molecule has 0 radical (unpaired) electrons. The first-order valence-corrected chi connectivity index (χ1v) is 12.4. The molecule has 0 aliphatic rings. The Kier molecular flexibility index (Phi) is 7.13. The van der Waals surface area contributed by atoms with Crippen LogP contribution in [-0.4, -0.2) is 34.5 Å². The van der Waals surface area contributed by atoms with Crippen LogP contribution in [0.4, 0.5) is 4.39 Å². The first kappa shape index (κ1) is 26.4. The monoisotopic (exact) mass is 507 g/mol. The maximum Gasteiger partial charge on any atom is 0.230 e. The summed E-state index contributed by atoms with van der Waals surface area (Å²) in [5.74, 6) is 1.03. The minimum atomic E-state index is -0.466. The smallest absolute Gasteiger partial charge is 0.230 e. The summed E-state index contributed by atoms with van der Waals surface area (Å²) in [5.41, 5.74) is 1.43. The number of H-pyrrole nitrogens is 1. The van der Waals surface area contributed by atoms with E-state index in [-0.39, 0.29) is 22.8 Å². The Balaban J connectivity index is 1.61. The number of aryl methyl sites for hydroxylation is 1. The average molecular weight is 508 g/mol. The van der Waals surface area contributed by atoms with Gasteiger partial charge in [-0.15, -0.1) is 0 Å². The van der Waals surface area contributed by atoms with Crippen molar-refractivity contribution >= 4 is 27.6 Å². The second kappa shape index (κ2) is 10.00. The maximum atomic E-state index is 15.1. The summed E-state index contributed by atoms with van der Waals surface area (Å²) in [7, 11) is 1.55. The van der Waals surface area contributed by atoms with E-state index >= 15 is 4.39 Å². The number of Topliss-reactive ketones (excluding diaryl/α,β-unsaturated/α-hetero) is 1. The number of aromatic amines is 1. The van der Waals surface area contributed by atoms with E-state index in [0.717, 1.165) is 5.69 Å². The lowest BCUT2D eigenvalue weighted by Gasteiger charge is -2.33. The number of hydrogen-bond acceptors (Lipinski definition) is 6. The third-order valence-electron chi connectivity index (χ3n) is 6.54. The highest BCUT2D eigenvalue weighted by molar-refractivity contribution is 5.87. The third-order valence-corrected chi connectivity index (χ3v) is 6.54. The van der Waals surface area contributed by atoms with Crippen molar-refractivity contribution in [3.8, 4) is 23.1 Å². The largest absolute Gasteiger partial charge is 0.493 e. The zero-order valence-corrected chi connectivity index (χ0v) is 22.5. The lowest BCUT2D eigenvalue weighted by molar-refractivity contribution is -0.128. The molecule has 0 spiro atoms. The zero-order valence-electron chi connectivity index (χ0n) is 22.5. The van der Waals surface area contributed by atoms with Gasteiger partial charge in [-0.1, -0.05) is 34.6 Å². The van der Waals surface area contributed by atoms with Gasteiger partial charge in [0.15, 0.2) is 23.1 Å². The zero-order chi connectivity index (χ0) is 27.0. The summed E-state index contributed by atoms with van der Waals surface area (Å²) in [6, 6.07) is 8.57. The van der Waals surface area contributed by atoms with Gasteiger partial charge in [-0.05, 0) is 43.0 Å². The minimum Gasteiger partial charge on any atom is -0.493 e. The molecular weight excluding hydrogens is 473 g/mol. The van der Waals surface area contributed by atoms with Crippen LogP contribution in [0.2, 0.25) is 0 Å². The van der Waals surface area contributed by atoms with Crippen LogP contribution in [0.5, 0.6) is 23.1 Å². The molecule has 196 valence electrons. The van der Waals surface area contributed by atoms with Crippen molar-refractivity contribution in [1.82, 2.24) is 15.0 Å². The standard InChI is InChI=1S/C29H34FN3O4/c1-8-25(34)29(5,6)14-28(3,4)15-36-24-13-21-19(12-23(24)35-7)27(32-16-31-21)37-22-10-9-20-18(26(22)30)11-17(2)33-20/h9-13,16,33H,8,14-15H2,1-7H3. The van der Waals surface area contributed by atoms with E-state index in [2.05, 4.69) is 28.8 Å². The van der Waals surface area contributed by atoms with E-state index in [1.165, 1.54) is 6.33 Å². The van der Waals surface area contributed by atoms with Gasteiger partial charge in [0, 0.05) is 34.5 Å². The maximum absolute atomic E-state index is 15.1. The molecule has 4 aromatic rings. The molecule has 2 aromatic carbocycles. The molecule has 0 aliphatic carbocycles. The summed E-state index contributed by atoms with van der Waals surface area (Å²) in [5, 5.41) is 1.01. The van der Waals surface area contributed by atoms with Gasteiger partial charge >= 0.3 is 0 Å². The number of ether oxygens (including phenoxy) is 3. The van der Waals surface area contributed by atoms with Crippen molar-refractivity contribution in [3.63, 3.8) is 0 Å². The molecule has 4 rings (SSSR count). The van der Waals surface area contributed by atoms with Crippen molar-refractivity contribution < 1.29 is 23.4 Å². The number of carbonyl (C=O) groups is 1. The molecule has 0 fully saturated rings. The van der Waals surface area contributed by atoms with Gasteiger partial charge in [0.1, 0.15) is 12.1 Å². The molecule has 0 bridgehead atoms. The van der Waals surface area contributed by atoms with E-state index in [1.807, 2.05) is 27.7 Å². The Morgan fingerprint density at radius 2 is 1.78 bits per heavy atom. The molecule has 7 nitrogen and oxygen atoms in total. The highest BCUT2D eigenvalue weighted by atomic mass is 19.1. The summed E-state index contributed by atoms with van der Waals surface area (Å²) in [6.07, 6.45) is 2.56. The molecule has 0 aliphatic heterocycles. The Morgan fingerprint density at radius 3 is 2.49 bits per heavy atom. The molecule has 0 amide bonds. The minimum absolute atomic E-state index is 0.0665. The van der Waals surface area contributed by atoms with E-state index in [9.17, 15) is 4.79 Å². The molecule has 0 saturated heterocycles. The summed E-state index contributed by atoms with van der Waals surface area (Å²) in [6.45, 7) is 12.3. The molecule has 0 unspecified atom stereocenters. The molecule has 1 N–H and O–H groups in total. The lowest BCUT2D eigenvalue weighted by Crippen LogP contribution is -2.33. The number of methoxy groups -OCH3 is 1. The van der Waals surface area contributed by atoms with Crippen LogP contribution in [0.15, 0.2) is 36.7 Å². The first-order valence-electron chi connectivity index (χ1n) is 12.4. The molecule has 8 heteroatoms. The van der Waals surface area contributed by atoms with Gasteiger partial charge in [-0.2, -0.15) is 0 Å². The summed E-state index contributed by atoms with van der Waals surface area (Å²) in [4.78, 5) is 24.1. The second-order valence-corrected chi connectivity index (χ2v) is 10.9. The van der Waals surface area contributed by atoms with Crippen LogP contribution < -0.4 is 14.2 Å². The van der Waals surface area contributed by atoms with E-state index in [4.69, 9.17) is 14.2 Å². The number of nitrogens with zero attached hydrogens (tertiary/aromatic N) is 2. The number of halogens is 1. The van der Waals surface area contributed by atoms with Crippen molar-refractivity contribution in [2.75, 3.05) is 13.7 Å². The molecule has 2 aromatic heterocycles. The fourth-order valence-corrected chi connectivity index (χ4v) is 4.96. The third kappa shape index (κ3) is 5.53. The highest BCUT2D eigenvalue weighted by Crippen LogP contribution is 2.40. The van der Waals surface area contributed by atoms with Crippen LogP contribution >= 0.6 is 0 Å². The van der Waals surface area contributed by atoms with Gasteiger partial charge in [-0.3, -0.25) is 4.79 Å². The second-order valence-electron chi connectivity index (χ2n) is 10.9. The molecule has 0 saturated carbocycles. The molecule has 37 heavy (non-hydrogen) atoms. The predicted octanol–water partition coefficient (Wildman–Crippen LogP) is 7.16. The van der Waals surface area contributed by atoms with Crippen LogP contribution in [0, 0.1) is 23.6 Å². The SMILES string of the molecule is CCC(=O)C(C)(C)CC(C)(C)COc1cc2ncnc(Oc3ccc4[nH]c(C)cc4c3F)c2cc1OC. The average Bonchev–Trinajstić information content (AvgIpc) is 3.24. The van der Waals surface area contributed by atoms with E-state index in [0.29, 0.717) is 52.8 Å². The van der Waals surface area contributed by atoms with E-state index in [1.54, 1.807) is 37.4 Å². The normalized spacial score (nSPS) is 12.2. The van der Waals surface area contributed by atoms with Gasteiger partial charge in [0.05, 0.1) is 24.6 Å². The van der Waals surface area contributed by atoms with Crippen molar-refractivity contribution in [3.05, 3.63) is 48.2 Å². The Labute approximate surface area is 216 Å². The predicted molar refractivity (Wildman–Crippen MR) is 142 cm³/mol. The first-order chi connectivity index (χ1) is 17.4. The topological polar surface area (TPSA) is 86.3 Å². The van der Waals surface area contributed by atoms with Crippen molar-refractivity contribution in [2.24, 2.45) is 10.8 Å². The molecule has 2 heterocycles. The number of ketones is 1. The molecular formula is C29H34FN3O4. The lowest BCUT2D eigenvalue weighted by atomic mass is 9.72. The Hall–Kier alpha value is -3.68. The van der Waals surface area contributed by atoms with Crippen LogP contribution in [0.3, 0.4) is 0 Å². The number of aromatic nitrogens is 3. The van der Waals surface area contributed by atoms with Crippen LogP contribution in [-0.2, 0) is 4.79 Å². The van der Waals surface area contributed by atoms with Crippen molar-refractivity contribution in [1.29, 1.82) is 0 Å². The van der Waals surface area contributed by atoms with Crippen LogP contribution in [0.1, 0.15) is 53.2 Å². The van der Waals surface area contributed by atoms with Gasteiger partial charge in [0.2, 0.25) is 5.88 Å². The number of nitrogens with one attached hydrogen (secondary N) is 1. The summed E-state index contributed by atoms with van der Waals surface area (Å²) < 4.78 is 32.8.